The Balaban J connectivity index is 1.24. The molecule has 1 aromatic heterocycles. The Morgan fingerprint density at radius 2 is 1.60 bits per heavy atom. The van der Waals surface area contributed by atoms with Crippen molar-refractivity contribution in [2.75, 3.05) is 6.61 Å². The van der Waals surface area contributed by atoms with Crippen molar-refractivity contribution in [3.63, 3.8) is 0 Å². The van der Waals surface area contributed by atoms with Gasteiger partial charge in [-0.1, -0.05) is 23.2 Å². The van der Waals surface area contributed by atoms with Crippen molar-refractivity contribution in [1.82, 2.24) is 15.5 Å². The van der Waals surface area contributed by atoms with Crippen LogP contribution in [0.3, 0.4) is 0 Å². The number of aromatic nitrogens is 2. The van der Waals surface area contributed by atoms with E-state index in [1.54, 1.807) is 36.4 Å². The van der Waals surface area contributed by atoms with Gasteiger partial charge in [0.15, 0.2) is 6.61 Å². The summed E-state index contributed by atoms with van der Waals surface area (Å²) in [5.74, 6) is 1.84. The number of hydrogen-bond donors (Lipinski definition) is 1. The van der Waals surface area contributed by atoms with E-state index in [1.807, 2.05) is 12.1 Å². The third-order valence-corrected chi connectivity index (χ3v) is 5.66. The quantitative estimate of drug-likeness (QED) is 0.559. The maximum atomic E-state index is 12.2. The molecular weight excluding hydrogens is 425 g/mol. The van der Waals surface area contributed by atoms with E-state index in [4.69, 9.17) is 32.4 Å². The van der Waals surface area contributed by atoms with Crippen LogP contribution in [0.5, 0.6) is 5.75 Å². The molecule has 0 atom stereocenters. The van der Waals surface area contributed by atoms with E-state index in [2.05, 4.69) is 15.5 Å². The molecule has 3 aromatic rings. The van der Waals surface area contributed by atoms with Crippen molar-refractivity contribution >= 4 is 29.1 Å². The molecule has 1 aliphatic rings. The van der Waals surface area contributed by atoms with Gasteiger partial charge in [0.05, 0.1) is 0 Å². The van der Waals surface area contributed by atoms with E-state index < -0.39 is 0 Å². The highest BCUT2D eigenvalue weighted by Crippen LogP contribution is 2.33. The van der Waals surface area contributed by atoms with Gasteiger partial charge in [-0.25, -0.2) is 0 Å². The summed E-state index contributed by atoms with van der Waals surface area (Å²) < 4.78 is 11.4. The molecule has 0 radical (unpaired) electrons. The molecule has 1 N–H and O–H groups in total. The zero-order valence-electron chi connectivity index (χ0n) is 16.2. The highest BCUT2D eigenvalue weighted by atomic mass is 35.5. The van der Waals surface area contributed by atoms with Gasteiger partial charge in [-0.15, -0.1) is 10.2 Å². The number of rotatable bonds is 6. The number of carbonyl (C=O) groups excluding carboxylic acids is 1. The Labute approximate surface area is 184 Å². The summed E-state index contributed by atoms with van der Waals surface area (Å²) in [5.41, 5.74) is 0.847. The molecule has 0 unspecified atom stereocenters. The lowest BCUT2D eigenvalue weighted by Crippen LogP contribution is -2.39. The molecule has 0 saturated heterocycles. The standard InChI is InChI=1S/C22H21Cl2N3O3/c23-16-5-1-14(2-6-16)21-26-27-22(30-21)15-3-9-18(10-4-15)25-20(28)13-29-19-11-7-17(24)8-12-19/h1-2,5-8,11-12,15,18H,3-4,9-10,13H2,(H,25,28). The fraction of sp³-hybridized carbons (Fsp3) is 0.318. The van der Waals surface area contributed by atoms with E-state index in [-0.39, 0.29) is 24.5 Å². The van der Waals surface area contributed by atoms with Gasteiger partial charge < -0.3 is 14.5 Å². The normalized spacial score (nSPS) is 18.7. The maximum absolute atomic E-state index is 12.2. The highest BCUT2D eigenvalue weighted by Gasteiger charge is 2.27. The van der Waals surface area contributed by atoms with Crippen LogP contribution in [0, 0.1) is 0 Å². The second kappa shape index (κ2) is 9.49. The first-order chi connectivity index (χ1) is 14.6. The fourth-order valence-electron chi connectivity index (χ4n) is 3.54. The minimum atomic E-state index is -0.129. The molecular formula is C22H21Cl2N3O3. The van der Waals surface area contributed by atoms with Crippen LogP contribution in [0.2, 0.25) is 10.0 Å². The molecule has 1 amide bonds. The topological polar surface area (TPSA) is 77.2 Å². The Morgan fingerprint density at radius 3 is 2.27 bits per heavy atom. The highest BCUT2D eigenvalue weighted by molar-refractivity contribution is 6.30. The van der Waals surface area contributed by atoms with Crippen molar-refractivity contribution in [1.29, 1.82) is 0 Å². The minimum absolute atomic E-state index is 0.0182. The second-order valence-corrected chi connectivity index (χ2v) is 8.18. The van der Waals surface area contributed by atoms with Crippen LogP contribution in [0.25, 0.3) is 11.5 Å². The molecule has 4 rings (SSSR count). The Hall–Kier alpha value is -2.57. The molecule has 0 aliphatic heterocycles. The first kappa shape index (κ1) is 20.7. The van der Waals surface area contributed by atoms with Crippen molar-refractivity contribution in [3.8, 4) is 17.2 Å². The van der Waals surface area contributed by atoms with Crippen molar-refractivity contribution in [2.24, 2.45) is 0 Å². The molecule has 0 bridgehead atoms. The average molecular weight is 446 g/mol. The average Bonchev–Trinajstić information content (AvgIpc) is 3.25. The molecule has 2 aromatic carbocycles. The summed E-state index contributed by atoms with van der Waals surface area (Å²) in [5, 5.41) is 12.7. The van der Waals surface area contributed by atoms with Crippen LogP contribution in [0.1, 0.15) is 37.5 Å². The predicted molar refractivity (Wildman–Crippen MR) is 115 cm³/mol. The molecule has 0 spiro atoms. The fourth-order valence-corrected chi connectivity index (χ4v) is 3.79. The number of amides is 1. The summed E-state index contributed by atoms with van der Waals surface area (Å²) in [6.45, 7) is -0.0182. The maximum Gasteiger partial charge on any atom is 0.258 e. The lowest BCUT2D eigenvalue weighted by atomic mass is 9.86. The summed E-state index contributed by atoms with van der Waals surface area (Å²) in [4.78, 5) is 12.2. The zero-order valence-corrected chi connectivity index (χ0v) is 17.7. The molecule has 156 valence electrons. The SMILES string of the molecule is O=C(COc1ccc(Cl)cc1)NC1CCC(c2nnc(-c3ccc(Cl)cc3)o2)CC1. The second-order valence-electron chi connectivity index (χ2n) is 7.31. The van der Waals surface area contributed by atoms with Crippen molar-refractivity contribution in [3.05, 3.63) is 64.5 Å². The van der Waals surface area contributed by atoms with Crippen LogP contribution < -0.4 is 10.1 Å². The van der Waals surface area contributed by atoms with Crippen LogP contribution >= 0.6 is 23.2 Å². The smallest absolute Gasteiger partial charge is 0.258 e. The van der Waals surface area contributed by atoms with E-state index in [0.29, 0.717) is 27.6 Å². The van der Waals surface area contributed by atoms with Gasteiger partial charge in [0.25, 0.3) is 5.91 Å². The van der Waals surface area contributed by atoms with Gasteiger partial charge in [0, 0.05) is 27.6 Å². The molecule has 1 fully saturated rings. The summed E-state index contributed by atoms with van der Waals surface area (Å²) in [6, 6.07) is 14.4. The third-order valence-electron chi connectivity index (χ3n) is 5.16. The van der Waals surface area contributed by atoms with Crippen LogP contribution in [0.4, 0.5) is 0 Å². The lowest BCUT2D eigenvalue weighted by Gasteiger charge is -2.27. The van der Waals surface area contributed by atoms with Crippen molar-refractivity contribution in [2.45, 2.75) is 37.6 Å². The van der Waals surface area contributed by atoms with Crippen LogP contribution in [0.15, 0.2) is 52.9 Å². The molecule has 1 aliphatic carbocycles. The Kier molecular flexibility index (Phi) is 6.55. The van der Waals surface area contributed by atoms with E-state index >= 15 is 0 Å². The minimum Gasteiger partial charge on any atom is -0.484 e. The number of carbonyl (C=O) groups is 1. The molecule has 1 heterocycles. The van der Waals surface area contributed by atoms with E-state index in [0.717, 1.165) is 31.2 Å². The van der Waals surface area contributed by atoms with Crippen LogP contribution in [-0.2, 0) is 4.79 Å². The number of halogens is 2. The van der Waals surface area contributed by atoms with Gasteiger partial charge in [0.2, 0.25) is 11.8 Å². The monoisotopic (exact) mass is 445 g/mol. The summed E-state index contributed by atoms with van der Waals surface area (Å²) >= 11 is 11.8. The number of nitrogens with zero attached hydrogens (tertiary/aromatic N) is 2. The van der Waals surface area contributed by atoms with Crippen LogP contribution in [-0.4, -0.2) is 28.8 Å². The van der Waals surface area contributed by atoms with Gasteiger partial charge in [0.1, 0.15) is 5.75 Å². The first-order valence-electron chi connectivity index (χ1n) is 9.84. The number of benzene rings is 2. The third kappa shape index (κ3) is 5.32. The Morgan fingerprint density at radius 1 is 0.967 bits per heavy atom. The summed E-state index contributed by atoms with van der Waals surface area (Å²) in [7, 11) is 0. The van der Waals surface area contributed by atoms with E-state index in [9.17, 15) is 4.79 Å². The lowest BCUT2D eigenvalue weighted by molar-refractivity contribution is -0.124. The number of ether oxygens (including phenoxy) is 1. The first-order valence-corrected chi connectivity index (χ1v) is 10.6. The van der Waals surface area contributed by atoms with Gasteiger partial charge in [-0.2, -0.15) is 0 Å². The Bertz CT molecular complexity index is 982. The number of hydrogen-bond acceptors (Lipinski definition) is 5. The van der Waals surface area contributed by atoms with E-state index in [1.165, 1.54) is 0 Å². The molecule has 8 heteroatoms. The predicted octanol–water partition coefficient (Wildman–Crippen LogP) is 5.26. The van der Waals surface area contributed by atoms with Gasteiger partial charge in [-0.05, 0) is 74.2 Å². The van der Waals surface area contributed by atoms with Gasteiger partial charge in [-0.3, -0.25) is 4.79 Å². The van der Waals surface area contributed by atoms with Crippen molar-refractivity contribution < 1.29 is 13.9 Å². The molecule has 1 saturated carbocycles. The summed E-state index contributed by atoms with van der Waals surface area (Å²) in [6.07, 6.45) is 3.47. The molecule has 30 heavy (non-hydrogen) atoms. The van der Waals surface area contributed by atoms with Gasteiger partial charge >= 0.3 is 0 Å². The number of nitrogens with one attached hydrogen (secondary N) is 1. The largest absolute Gasteiger partial charge is 0.484 e. The zero-order chi connectivity index (χ0) is 20.9. The molecule has 6 nitrogen and oxygen atoms in total.